The van der Waals surface area contributed by atoms with Crippen LogP contribution in [0.15, 0.2) is 18.2 Å². The average Bonchev–Trinajstić information content (AvgIpc) is 2.59. The molecule has 0 bridgehead atoms. The van der Waals surface area contributed by atoms with Crippen LogP contribution in [0.2, 0.25) is 0 Å². The molecule has 1 fully saturated rings. The summed E-state index contributed by atoms with van der Waals surface area (Å²) in [4.78, 5) is 23.2. The molecule has 0 heterocycles. The molecule has 1 aromatic rings. The molecular formula is C20H29NO5. The fraction of sp³-hybridized carbons (Fsp3) is 0.600. The molecule has 0 aliphatic heterocycles. The predicted molar refractivity (Wildman–Crippen MR) is 99.5 cm³/mol. The number of anilines is 1. The van der Waals surface area contributed by atoms with Gasteiger partial charge in [-0.15, -0.1) is 0 Å². The standard InChI is InChI=1S/C20H29NO5/c1-4-18(26-16-7-5-6-13(2)10-16)20(24)21-17-9-8-15(11-14(17)3)25-12-19(22)23/h8-9,11,13,16,18H,4-7,10,12H2,1-3H3,(H,21,24)(H,22,23). The molecule has 3 unspecified atom stereocenters. The number of aryl methyl sites for hydroxylation is 1. The normalized spacial score (nSPS) is 21.0. The Bertz CT molecular complexity index is 631. The summed E-state index contributed by atoms with van der Waals surface area (Å²) in [5.74, 6) is -0.0645. The van der Waals surface area contributed by atoms with Crippen LogP contribution in [-0.4, -0.2) is 35.8 Å². The van der Waals surface area contributed by atoms with E-state index in [0.717, 1.165) is 24.8 Å². The molecule has 1 aliphatic carbocycles. The number of amides is 1. The van der Waals surface area contributed by atoms with Crippen molar-refractivity contribution in [2.45, 2.75) is 65.1 Å². The smallest absolute Gasteiger partial charge is 0.341 e. The Morgan fingerprint density at radius 2 is 2.12 bits per heavy atom. The number of hydrogen-bond acceptors (Lipinski definition) is 4. The van der Waals surface area contributed by atoms with Crippen LogP contribution in [0.4, 0.5) is 5.69 Å². The summed E-state index contributed by atoms with van der Waals surface area (Å²) < 4.78 is 11.2. The van der Waals surface area contributed by atoms with Crippen molar-refractivity contribution in [3.63, 3.8) is 0 Å². The largest absolute Gasteiger partial charge is 0.482 e. The Balaban J connectivity index is 1.94. The second-order valence-corrected chi connectivity index (χ2v) is 7.08. The average molecular weight is 363 g/mol. The summed E-state index contributed by atoms with van der Waals surface area (Å²) in [6.07, 6.45) is 4.73. The van der Waals surface area contributed by atoms with E-state index in [-0.39, 0.29) is 12.0 Å². The maximum absolute atomic E-state index is 12.6. The maximum Gasteiger partial charge on any atom is 0.341 e. The minimum absolute atomic E-state index is 0.145. The van der Waals surface area contributed by atoms with Crippen molar-refractivity contribution in [2.75, 3.05) is 11.9 Å². The number of carbonyl (C=O) groups excluding carboxylic acids is 1. The molecule has 6 nitrogen and oxygen atoms in total. The van der Waals surface area contributed by atoms with Crippen molar-refractivity contribution in [1.29, 1.82) is 0 Å². The van der Waals surface area contributed by atoms with Crippen molar-refractivity contribution in [2.24, 2.45) is 5.92 Å². The molecule has 0 aromatic heterocycles. The number of aliphatic carboxylic acids is 1. The number of benzene rings is 1. The summed E-state index contributed by atoms with van der Waals surface area (Å²) in [6.45, 7) is 5.63. The highest BCUT2D eigenvalue weighted by molar-refractivity contribution is 5.94. The van der Waals surface area contributed by atoms with Crippen LogP contribution in [0.5, 0.6) is 5.75 Å². The molecule has 3 atom stereocenters. The molecule has 6 heteroatoms. The number of hydrogen-bond donors (Lipinski definition) is 2. The lowest BCUT2D eigenvalue weighted by atomic mass is 9.88. The van der Waals surface area contributed by atoms with Crippen LogP contribution in [-0.2, 0) is 14.3 Å². The third-order valence-electron chi connectivity index (χ3n) is 4.73. The molecule has 0 saturated heterocycles. The van der Waals surface area contributed by atoms with Gasteiger partial charge in [-0.05, 0) is 55.9 Å². The van der Waals surface area contributed by atoms with Gasteiger partial charge in [-0.2, -0.15) is 0 Å². The number of carboxylic acid groups (broad SMARTS) is 1. The third-order valence-corrected chi connectivity index (χ3v) is 4.73. The minimum atomic E-state index is -1.03. The molecule has 144 valence electrons. The van der Waals surface area contributed by atoms with E-state index < -0.39 is 18.7 Å². The molecule has 0 radical (unpaired) electrons. The molecule has 1 amide bonds. The first-order valence-electron chi connectivity index (χ1n) is 9.30. The molecule has 26 heavy (non-hydrogen) atoms. The SMILES string of the molecule is CCC(OC1CCCC(C)C1)C(=O)Nc1ccc(OCC(=O)O)cc1C. The van der Waals surface area contributed by atoms with Crippen LogP contribution >= 0.6 is 0 Å². The highest BCUT2D eigenvalue weighted by Crippen LogP contribution is 2.27. The second kappa shape index (κ2) is 9.57. The first kappa shape index (κ1) is 20.2. The van der Waals surface area contributed by atoms with Gasteiger partial charge in [0.15, 0.2) is 6.61 Å². The number of carbonyl (C=O) groups is 2. The van der Waals surface area contributed by atoms with Gasteiger partial charge < -0.3 is 19.9 Å². The molecule has 1 aromatic carbocycles. The summed E-state index contributed by atoms with van der Waals surface area (Å²) in [6, 6.07) is 5.08. The topological polar surface area (TPSA) is 84.9 Å². The van der Waals surface area contributed by atoms with Crippen LogP contribution in [0.25, 0.3) is 0 Å². The zero-order valence-electron chi connectivity index (χ0n) is 15.8. The van der Waals surface area contributed by atoms with E-state index in [1.165, 1.54) is 6.42 Å². The lowest BCUT2D eigenvalue weighted by Gasteiger charge is -2.30. The number of ether oxygens (including phenoxy) is 2. The van der Waals surface area contributed by atoms with Crippen molar-refractivity contribution in [3.05, 3.63) is 23.8 Å². The Kier molecular flexibility index (Phi) is 7.45. The van der Waals surface area contributed by atoms with E-state index in [1.807, 2.05) is 13.8 Å². The highest BCUT2D eigenvalue weighted by atomic mass is 16.5. The van der Waals surface area contributed by atoms with Crippen molar-refractivity contribution < 1.29 is 24.2 Å². The van der Waals surface area contributed by atoms with Gasteiger partial charge in [0.05, 0.1) is 6.10 Å². The molecule has 1 aliphatic rings. The number of rotatable bonds is 8. The molecule has 1 saturated carbocycles. The van der Waals surface area contributed by atoms with Gasteiger partial charge in [-0.3, -0.25) is 4.79 Å². The fourth-order valence-electron chi connectivity index (χ4n) is 3.30. The summed E-state index contributed by atoms with van der Waals surface area (Å²) in [5, 5.41) is 11.6. The Hall–Kier alpha value is -2.08. The second-order valence-electron chi connectivity index (χ2n) is 7.08. The summed E-state index contributed by atoms with van der Waals surface area (Å²) in [5.41, 5.74) is 1.49. The highest BCUT2D eigenvalue weighted by Gasteiger charge is 2.26. The number of nitrogens with one attached hydrogen (secondary N) is 1. The minimum Gasteiger partial charge on any atom is -0.482 e. The van der Waals surface area contributed by atoms with Gasteiger partial charge in [0.2, 0.25) is 0 Å². The van der Waals surface area contributed by atoms with E-state index in [4.69, 9.17) is 14.6 Å². The van der Waals surface area contributed by atoms with Gasteiger partial charge >= 0.3 is 5.97 Å². The van der Waals surface area contributed by atoms with Gasteiger partial charge in [0, 0.05) is 5.69 Å². The van der Waals surface area contributed by atoms with Crippen LogP contribution < -0.4 is 10.1 Å². The lowest BCUT2D eigenvalue weighted by molar-refractivity contribution is -0.139. The monoisotopic (exact) mass is 363 g/mol. The van der Waals surface area contributed by atoms with E-state index >= 15 is 0 Å². The first-order chi connectivity index (χ1) is 12.4. The number of carboxylic acids is 1. The van der Waals surface area contributed by atoms with Crippen LogP contribution in [0.1, 0.15) is 51.5 Å². The summed E-state index contributed by atoms with van der Waals surface area (Å²) in [7, 11) is 0. The van der Waals surface area contributed by atoms with Gasteiger partial charge in [0.25, 0.3) is 5.91 Å². The quantitative estimate of drug-likeness (QED) is 0.734. The van der Waals surface area contributed by atoms with Crippen LogP contribution in [0, 0.1) is 12.8 Å². The zero-order valence-corrected chi connectivity index (χ0v) is 15.8. The van der Waals surface area contributed by atoms with E-state index in [1.54, 1.807) is 18.2 Å². The summed E-state index contributed by atoms with van der Waals surface area (Å²) >= 11 is 0. The van der Waals surface area contributed by atoms with E-state index in [9.17, 15) is 9.59 Å². The maximum atomic E-state index is 12.6. The third kappa shape index (κ3) is 6.02. The van der Waals surface area contributed by atoms with Crippen molar-refractivity contribution >= 4 is 17.6 Å². The Morgan fingerprint density at radius 1 is 1.35 bits per heavy atom. The predicted octanol–water partition coefficient (Wildman–Crippen LogP) is 3.77. The molecule has 2 rings (SSSR count). The van der Waals surface area contributed by atoms with Gasteiger partial charge in [0.1, 0.15) is 11.9 Å². The van der Waals surface area contributed by atoms with E-state index in [0.29, 0.717) is 23.8 Å². The van der Waals surface area contributed by atoms with Gasteiger partial charge in [-0.1, -0.05) is 26.7 Å². The molecule has 2 N–H and O–H groups in total. The molecule has 0 spiro atoms. The zero-order chi connectivity index (χ0) is 19.1. The molecular weight excluding hydrogens is 334 g/mol. The van der Waals surface area contributed by atoms with Crippen molar-refractivity contribution in [3.8, 4) is 5.75 Å². The Labute approximate surface area is 154 Å². The van der Waals surface area contributed by atoms with Crippen molar-refractivity contribution in [1.82, 2.24) is 0 Å². The first-order valence-corrected chi connectivity index (χ1v) is 9.30. The van der Waals surface area contributed by atoms with Crippen LogP contribution in [0.3, 0.4) is 0 Å². The fourth-order valence-corrected chi connectivity index (χ4v) is 3.30. The lowest BCUT2D eigenvalue weighted by Crippen LogP contribution is -2.35. The van der Waals surface area contributed by atoms with E-state index in [2.05, 4.69) is 12.2 Å². The van der Waals surface area contributed by atoms with Gasteiger partial charge in [-0.25, -0.2) is 4.79 Å². The Morgan fingerprint density at radius 3 is 2.73 bits per heavy atom.